The van der Waals surface area contributed by atoms with Crippen molar-refractivity contribution in [2.24, 2.45) is 0 Å². The average Bonchev–Trinajstić information content (AvgIpc) is 3.15. The van der Waals surface area contributed by atoms with E-state index < -0.39 is 5.97 Å². The van der Waals surface area contributed by atoms with Crippen LogP contribution in [0, 0.1) is 0 Å². The lowest BCUT2D eigenvalue weighted by Gasteiger charge is -2.02. The monoisotopic (exact) mass is 481 g/mol. The molecule has 0 spiro atoms. The number of rotatable bonds is 4. The summed E-state index contributed by atoms with van der Waals surface area (Å²) in [5.41, 5.74) is 2.50. The Balaban J connectivity index is 2.29. The van der Waals surface area contributed by atoms with Crippen molar-refractivity contribution in [3.05, 3.63) is 40.3 Å². The van der Waals surface area contributed by atoms with Gasteiger partial charge in [0.1, 0.15) is 5.69 Å². The van der Waals surface area contributed by atoms with Gasteiger partial charge in [-0.2, -0.15) is 5.10 Å². The first kappa shape index (κ1) is 17.0. The first-order valence-corrected chi connectivity index (χ1v) is 11.5. The Morgan fingerprint density at radius 2 is 2.26 bits per heavy atom. The van der Waals surface area contributed by atoms with Gasteiger partial charge >= 0.3 is 5.97 Å². The molecule has 0 fully saturated rings. The van der Waals surface area contributed by atoms with Crippen molar-refractivity contribution in [2.75, 3.05) is 6.61 Å². The van der Waals surface area contributed by atoms with Crippen molar-refractivity contribution in [2.45, 2.75) is 6.92 Å². The van der Waals surface area contributed by atoms with Crippen LogP contribution in [0.4, 0.5) is 0 Å². The molecule has 2 heterocycles. The van der Waals surface area contributed by atoms with E-state index in [0.29, 0.717) is 27.6 Å². The van der Waals surface area contributed by atoms with Crippen molar-refractivity contribution < 1.29 is 9.53 Å². The number of hydrogen-bond acceptors (Lipinski definition) is 3. The second kappa shape index (κ2) is 6.97. The van der Waals surface area contributed by atoms with Crippen LogP contribution in [-0.2, 0) is 4.74 Å². The number of H-pyrrole nitrogens is 1. The van der Waals surface area contributed by atoms with Crippen LogP contribution in [0.25, 0.3) is 22.0 Å². The molecule has 120 valence electrons. The predicted octanol–water partition coefficient (Wildman–Crippen LogP) is 5.31. The lowest BCUT2D eigenvalue weighted by Crippen LogP contribution is -2.06. The van der Waals surface area contributed by atoms with Gasteiger partial charge in [0.2, 0.25) is 0 Å². The summed E-state index contributed by atoms with van der Waals surface area (Å²) in [4.78, 5) is 15.4. The molecule has 1 atom stereocenters. The molecule has 1 N–H and O–H groups in total. The normalized spacial score (nSPS) is 11.7. The number of aromatic nitrogens is 3. The van der Waals surface area contributed by atoms with E-state index in [1.165, 1.54) is 0 Å². The molecule has 2 aromatic heterocycles. The summed E-state index contributed by atoms with van der Waals surface area (Å²) in [5.74, 6) is -0.435. The van der Waals surface area contributed by atoms with Gasteiger partial charge in [-0.1, -0.05) is 29.3 Å². The molecule has 0 radical (unpaired) electrons. The van der Waals surface area contributed by atoms with Gasteiger partial charge in [0.15, 0.2) is 0 Å². The Labute approximate surface area is 157 Å². The highest BCUT2D eigenvalue weighted by atomic mass is 127. The fraction of sp³-hybridized carbons (Fsp3) is 0.143. The first-order chi connectivity index (χ1) is 11.1. The Morgan fingerprint density at radius 1 is 1.48 bits per heavy atom. The maximum absolute atomic E-state index is 12.3. The quantitative estimate of drug-likeness (QED) is 0.312. The number of carbonyl (C=O) groups excluding carboxylic acids is 1. The molecule has 9 heteroatoms. The highest BCUT2D eigenvalue weighted by molar-refractivity contribution is 14.2. The van der Waals surface area contributed by atoms with Gasteiger partial charge in [-0.3, -0.25) is 0 Å². The zero-order valence-electron chi connectivity index (χ0n) is 11.9. The van der Waals surface area contributed by atoms with E-state index in [1.54, 1.807) is 23.6 Å². The molecule has 3 aromatic rings. The average molecular weight is 482 g/mol. The molecule has 23 heavy (non-hydrogen) atoms. The Morgan fingerprint density at radius 3 is 2.91 bits per heavy atom. The molecule has 1 unspecified atom stereocenters. The number of carbonyl (C=O) groups is 1. The predicted molar refractivity (Wildman–Crippen MR) is 103 cm³/mol. The molecule has 0 aliphatic heterocycles. The van der Waals surface area contributed by atoms with Crippen molar-refractivity contribution in [1.82, 2.24) is 14.5 Å². The van der Waals surface area contributed by atoms with Gasteiger partial charge in [-0.15, -0.1) is 0 Å². The van der Waals surface area contributed by atoms with Gasteiger partial charge in [-0.05, 0) is 35.0 Å². The van der Waals surface area contributed by atoms with Crippen molar-refractivity contribution >= 4 is 68.5 Å². The summed E-state index contributed by atoms with van der Waals surface area (Å²) in [7, 11) is 0. The number of ether oxygens (including phenoxy) is 1. The van der Waals surface area contributed by atoms with E-state index in [9.17, 15) is 4.79 Å². The van der Waals surface area contributed by atoms with E-state index >= 15 is 0 Å². The number of halogens is 3. The highest BCUT2D eigenvalue weighted by Crippen LogP contribution is 2.39. The summed E-state index contributed by atoms with van der Waals surface area (Å²) in [6.45, 7) is 2.05. The maximum atomic E-state index is 12.3. The Bertz CT molecular complexity index is 894. The molecule has 0 aliphatic rings. The van der Waals surface area contributed by atoms with E-state index in [0.717, 1.165) is 16.5 Å². The third-order valence-electron chi connectivity index (χ3n) is 3.30. The molecule has 0 amide bonds. The number of fused-ring (bicyclic) bond motifs is 1. The van der Waals surface area contributed by atoms with E-state index in [-0.39, 0.29) is 6.61 Å². The van der Waals surface area contributed by atoms with Gasteiger partial charge in [0.05, 0.1) is 34.7 Å². The van der Waals surface area contributed by atoms with Gasteiger partial charge in [-0.25, -0.2) is 9.25 Å². The number of esters is 1. The van der Waals surface area contributed by atoms with Crippen LogP contribution < -0.4 is 0 Å². The van der Waals surface area contributed by atoms with Crippen LogP contribution in [-0.4, -0.2) is 27.1 Å². The Kier molecular flexibility index (Phi) is 5.16. The maximum Gasteiger partial charge on any atom is 0.355 e. The highest BCUT2D eigenvalue weighted by Gasteiger charge is 2.23. The van der Waals surface area contributed by atoms with E-state index in [2.05, 4.69) is 32.1 Å². The third kappa shape index (κ3) is 3.09. The van der Waals surface area contributed by atoms with Crippen LogP contribution in [0.3, 0.4) is 0 Å². The SMILES string of the molecule is CCOC(=O)c1[nH]c2c(Cl)c(Cl)ccc2c1-c1cnn(PI)c1. The molecular weight excluding hydrogens is 471 g/mol. The summed E-state index contributed by atoms with van der Waals surface area (Å²) >= 11 is 14.6. The van der Waals surface area contributed by atoms with Gasteiger partial charge in [0.25, 0.3) is 0 Å². The number of nitrogens with one attached hydrogen (secondary N) is 1. The van der Waals surface area contributed by atoms with Crippen molar-refractivity contribution in [1.29, 1.82) is 0 Å². The topological polar surface area (TPSA) is 59.9 Å². The smallest absolute Gasteiger partial charge is 0.355 e. The standard InChI is InChI=1S/C14H11Cl2IN3O2P/c1-2-22-14(21)13-10(7-5-18-20(6-7)23-17)8-3-4-9(15)11(16)12(8)19-13/h3-6,19,23H,2H2,1H3. The number of hydrogen-bond donors (Lipinski definition) is 1. The van der Waals surface area contributed by atoms with Gasteiger partial charge in [0, 0.05) is 22.7 Å². The molecule has 0 aliphatic carbocycles. The minimum absolute atomic E-state index is 0.288. The second-order valence-corrected chi connectivity index (χ2v) is 7.50. The molecule has 0 saturated heterocycles. The first-order valence-electron chi connectivity index (χ1n) is 6.65. The lowest BCUT2D eigenvalue weighted by molar-refractivity contribution is 0.0521. The number of aromatic amines is 1. The van der Waals surface area contributed by atoms with Crippen LogP contribution in [0.15, 0.2) is 24.5 Å². The fourth-order valence-corrected chi connectivity index (χ4v) is 3.81. The van der Waals surface area contributed by atoms with Gasteiger partial charge < -0.3 is 9.72 Å². The van der Waals surface area contributed by atoms with Crippen LogP contribution >= 0.6 is 51.6 Å². The zero-order chi connectivity index (χ0) is 16.6. The molecule has 0 saturated carbocycles. The fourth-order valence-electron chi connectivity index (χ4n) is 2.36. The summed E-state index contributed by atoms with van der Waals surface area (Å²) in [6, 6.07) is 3.55. The molecular formula is C14H11Cl2IN3O2P. The molecule has 0 bridgehead atoms. The van der Waals surface area contributed by atoms with Crippen LogP contribution in [0.5, 0.6) is 0 Å². The zero-order valence-corrected chi connectivity index (χ0v) is 16.5. The lowest BCUT2D eigenvalue weighted by atomic mass is 10.1. The minimum Gasteiger partial charge on any atom is -0.461 e. The minimum atomic E-state index is -0.435. The summed E-state index contributed by atoms with van der Waals surface area (Å²) < 4.78 is 6.96. The molecule has 5 nitrogen and oxygen atoms in total. The summed E-state index contributed by atoms with van der Waals surface area (Å²) in [5, 5.41) is 5.89. The van der Waals surface area contributed by atoms with Crippen molar-refractivity contribution in [3.63, 3.8) is 0 Å². The van der Waals surface area contributed by atoms with Crippen LogP contribution in [0.2, 0.25) is 10.0 Å². The Hall–Kier alpha value is -0.820. The molecule has 1 aromatic carbocycles. The largest absolute Gasteiger partial charge is 0.461 e. The second-order valence-electron chi connectivity index (χ2n) is 4.64. The van der Waals surface area contributed by atoms with Crippen molar-refractivity contribution in [3.8, 4) is 11.1 Å². The number of benzene rings is 1. The van der Waals surface area contributed by atoms with Crippen LogP contribution in [0.1, 0.15) is 17.4 Å². The number of nitrogens with zero attached hydrogens (tertiary/aromatic N) is 2. The molecule has 3 rings (SSSR count). The third-order valence-corrected chi connectivity index (χ3v) is 6.01. The van der Waals surface area contributed by atoms with E-state index in [1.807, 2.05) is 12.3 Å². The van der Waals surface area contributed by atoms with E-state index in [4.69, 9.17) is 27.9 Å². The summed E-state index contributed by atoms with van der Waals surface area (Å²) in [6.07, 6.45) is 4.08.